The van der Waals surface area contributed by atoms with Crippen molar-refractivity contribution in [2.75, 3.05) is 19.7 Å². The Hall–Kier alpha value is -1.38. The number of hydrogen-bond acceptors (Lipinski definition) is 2. The first-order chi connectivity index (χ1) is 9.88. The summed E-state index contributed by atoms with van der Waals surface area (Å²) in [7, 11) is 0. The molecule has 1 N–H and O–H groups in total. The molecule has 2 nitrogen and oxygen atoms in total. The number of nitrogens with zero attached hydrogens (tertiary/aromatic N) is 1. The molecular weight excluding hydrogens is 246 g/mol. The van der Waals surface area contributed by atoms with Crippen molar-refractivity contribution in [1.82, 2.24) is 4.90 Å². The quantitative estimate of drug-likeness (QED) is 0.913. The largest absolute Gasteiger partial charge is 0.396 e. The van der Waals surface area contributed by atoms with Crippen LogP contribution < -0.4 is 0 Å². The van der Waals surface area contributed by atoms with E-state index in [9.17, 15) is 5.11 Å². The molecule has 1 aliphatic heterocycles. The van der Waals surface area contributed by atoms with Crippen molar-refractivity contribution in [1.29, 1.82) is 0 Å². The predicted molar refractivity (Wildman–Crippen MR) is 83.8 cm³/mol. The summed E-state index contributed by atoms with van der Waals surface area (Å²) in [6.07, 6.45) is 4.75. The Morgan fingerprint density at radius 2 is 1.70 bits per heavy atom. The van der Waals surface area contributed by atoms with E-state index >= 15 is 0 Å². The zero-order valence-corrected chi connectivity index (χ0v) is 12.0. The molecule has 2 aromatic rings. The van der Waals surface area contributed by atoms with Gasteiger partial charge in [0, 0.05) is 12.6 Å². The van der Waals surface area contributed by atoms with Crippen molar-refractivity contribution in [3.8, 4) is 0 Å². The highest BCUT2D eigenvalue weighted by Gasteiger charge is 2.21. The number of piperidine rings is 1. The molecule has 2 aromatic carbocycles. The minimum Gasteiger partial charge on any atom is -0.396 e. The van der Waals surface area contributed by atoms with Gasteiger partial charge in [-0.05, 0) is 54.8 Å². The highest BCUT2D eigenvalue weighted by atomic mass is 16.3. The van der Waals surface area contributed by atoms with Gasteiger partial charge in [-0.3, -0.25) is 4.90 Å². The van der Waals surface area contributed by atoms with Crippen molar-refractivity contribution in [3.63, 3.8) is 0 Å². The molecule has 0 spiro atoms. The maximum atomic E-state index is 9.42. The SMILES string of the molecule is OCCC(c1ccc2ccccc2c1)N1CCCCC1. The third-order valence-electron chi connectivity index (χ3n) is 4.39. The first-order valence-corrected chi connectivity index (χ1v) is 7.72. The molecular formula is C18H23NO. The summed E-state index contributed by atoms with van der Waals surface area (Å²) in [4.78, 5) is 2.55. The molecule has 0 bridgehead atoms. The predicted octanol–water partition coefficient (Wildman–Crippen LogP) is 3.75. The Balaban J connectivity index is 1.91. The van der Waals surface area contributed by atoms with Gasteiger partial charge in [0.1, 0.15) is 0 Å². The average molecular weight is 269 g/mol. The van der Waals surface area contributed by atoms with Crippen molar-refractivity contribution < 1.29 is 5.11 Å². The molecule has 1 atom stereocenters. The Kier molecular flexibility index (Phi) is 4.34. The van der Waals surface area contributed by atoms with Crippen LogP contribution in [0.25, 0.3) is 10.8 Å². The molecule has 0 saturated carbocycles. The fourth-order valence-corrected chi connectivity index (χ4v) is 3.33. The third-order valence-corrected chi connectivity index (χ3v) is 4.39. The Morgan fingerprint density at radius 1 is 0.950 bits per heavy atom. The zero-order valence-electron chi connectivity index (χ0n) is 12.0. The first kappa shape index (κ1) is 13.6. The van der Waals surface area contributed by atoms with Gasteiger partial charge in [-0.25, -0.2) is 0 Å². The highest BCUT2D eigenvalue weighted by molar-refractivity contribution is 5.83. The van der Waals surface area contributed by atoms with Gasteiger partial charge in [0.2, 0.25) is 0 Å². The number of benzene rings is 2. The fourth-order valence-electron chi connectivity index (χ4n) is 3.33. The second-order valence-electron chi connectivity index (χ2n) is 5.73. The number of rotatable bonds is 4. The lowest BCUT2D eigenvalue weighted by Crippen LogP contribution is -2.34. The zero-order chi connectivity index (χ0) is 13.8. The Labute approximate surface area is 121 Å². The second-order valence-corrected chi connectivity index (χ2v) is 5.73. The van der Waals surface area contributed by atoms with Gasteiger partial charge in [-0.15, -0.1) is 0 Å². The molecule has 106 valence electrons. The number of fused-ring (bicyclic) bond motifs is 1. The van der Waals surface area contributed by atoms with Crippen LogP contribution in [0.1, 0.15) is 37.3 Å². The van der Waals surface area contributed by atoms with Crippen LogP contribution in [-0.2, 0) is 0 Å². The van der Waals surface area contributed by atoms with Gasteiger partial charge >= 0.3 is 0 Å². The van der Waals surface area contributed by atoms with Gasteiger partial charge in [-0.1, -0.05) is 42.8 Å². The lowest BCUT2D eigenvalue weighted by molar-refractivity contribution is 0.133. The topological polar surface area (TPSA) is 23.5 Å². The van der Waals surface area contributed by atoms with E-state index < -0.39 is 0 Å². The maximum Gasteiger partial charge on any atom is 0.0449 e. The van der Waals surface area contributed by atoms with Crippen molar-refractivity contribution in [3.05, 3.63) is 48.0 Å². The molecule has 0 aliphatic carbocycles. The van der Waals surface area contributed by atoms with Crippen LogP contribution in [0.4, 0.5) is 0 Å². The summed E-state index contributed by atoms with van der Waals surface area (Å²) in [6.45, 7) is 2.59. The molecule has 0 aromatic heterocycles. The van der Waals surface area contributed by atoms with Gasteiger partial charge < -0.3 is 5.11 Å². The van der Waals surface area contributed by atoms with E-state index in [-0.39, 0.29) is 6.61 Å². The van der Waals surface area contributed by atoms with E-state index in [4.69, 9.17) is 0 Å². The van der Waals surface area contributed by atoms with E-state index in [1.165, 1.54) is 35.6 Å². The summed E-state index contributed by atoms with van der Waals surface area (Å²) < 4.78 is 0. The van der Waals surface area contributed by atoms with Crippen molar-refractivity contribution in [2.24, 2.45) is 0 Å². The molecule has 1 fully saturated rings. The smallest absolute Gasteiger partial charge is 0.0449 e. The molecule has 3 rings (SSSR count). The number of aliphatic hydroxyl groups excluding tert-OH is 1. The molecule has 0 radical (unpaired) electrons. The van der Waals surface area contributed by atoms with E-state index in [0.717, 1.165) is 19.5 Å². The minimum absolute atomic E-state index is 0.258. The highest BCUT2D eigenvalue weighted by Crippen LogP contribution is 2.29. The fraction of sp³-hybridized carbons (Fsp3) is 0.444. The van der Waals surface area contributed by atoms with Crippen LogP contribution in [-0.4, -0.2) is 29.7 Å². The number of likely N-dealkylation sites (tertiary alicyclic amines) is 1. The summed E-state index contributed by atoms with van der Waals surface area (Å²) in [5.41, 5.74) is 1.35. The number of aliphatic hydroxyl groups is 1. The minimum atomic E-state index is 0.258. The molecule has 1 unspecified atom stereocenters. The van der Waals surface area contributed by atoms with Crippen LogP contribution in [0.2, 0.25) is 0 Å². The monoisotopic (exact) mass is 269 g/mol. The first-order valence-electron chi connectivity index (χ1n) is 7.72. The average Bonchev–Trinajstić information content (AvgIpc) is 2.53. The standard InChI is InChI=1S/C18H23NO/c20-13-10-18(19-11-4-1-5-12-19)17-9-8-15-6-2-3-7-16(15)14-17/h2-3,6-9,14,18,20H,1,4-5,10-13H2. The van der Waals surface area contributed by atoms with Crippen LogP contribution in [0.15, 0.2) is 42.5 Å². The number of hydrogen-bond donors (Lipinski definition) is 1. The Bertz CT molecular complexity index is 560. The third kappa shape index (κ3) is 2.87. The van der Waals surface area contributed by atoms with Crippen LogP contribution in [0.3, 0.4) is 0 Å². The van der Waals surface area contributed by atoms with Gasteiger partial charge in [0.05, 0.1) is 0 Å². The Morgan fingerprint density at radius 3 is 2.45 bits per heavy atom. The molecule has 1 aliphatic rings. The van der Waals surface area contributed by atoms with Crippen LogP contribution in [0.5, 0.6) is 0 Å². The maximum absolute atomic E-state index is 9.42. The molecule has 1 saturated heterocycles. The van der Waals surface area contributed by atoms with Gasteiger partial charge in [-0.2, -0.15) is 0 Å². The molecule has 0 amide bonds. The van der Waals surface area contributed by atoms with E-state index in [2.05, 4.69) is 47.4 Å². The lowest BCUT2D eigenvalue weighted by atomic mass is 9.97. The van der Waals surface area contributed by atoms with Gasteiger partial charge in [0.15, 0.2) is 0 Å². The second kappa shape index (κ2) is 6.38. The summed E-state index contributed by atoms with van der Waals surface area (Å²) in [5.74, 6) is 0. The van der Waals surface area contributed by atoms with Crippen molar-refractivity contribution in [2.45, 2.75) is 31.7 Å². The summed E-state index contributed by atoms with van der Waals surface area (Å²) in [6, 6.07) is 15.6. The van der Waals surface area contributed by atoms with Crippen molar-refractivity contribution >= 4 is 10.8 Å². The molecule has 2 heteroatoms. The molecule has 1 heterocycles. The van der Waals surface area contributed by atoms with Crippen LogP contribution >= 0.6 is 0 Å². The van der Waals surface area contributed by atoms with Crippen LogP contribution in [0, 0.1) is 0 Å². The summed E-state index contributed by atoms with van der Waals surface area (Å²) >= 11 is 0. The van der Waals surface area contributed by atoms with E-state index in [1.807, 2.05) is 0 Å². The normalized spacial score (nSPS) is 18.2. The van der Waals surface area contributed by atoms with E-state index in [1.54, 1.807) is 0 Å². The van der Waals surface area contributed by atoms with E-state index in [0.29, 0.717) is 6.04 Å². The van der Waals surface area contributed by atoms with Gasteiger partial charge in [0.25, 0.3) is 0 Å². The lowest BCUT2D eigenvalue weighted by Gasteiger charge is -2.34. The summed E-state index contributed by atoms with van der Waals surface area (Å²) in [5, 5.41) is 12.0. The molecule has 20 heavy (non-hydrogen) atoms.